The van der Waals surface area contributed by atoms with E-state index in [1.807, 2.05) is 12.1 Å². The zero-order valence-corrected chi connectivity index (χ0v) is 16.9. The molecule has 0 radical (unpaired) electrons. The molecule has 0 aliphatic carbocycles. The number of Topliss-reactive ketones (excluding diaryl/α,β-unsaturated/α-hetero) is 1. The van der Waals surface area contributed by atoms with Crippen molar-refractivity contribution in [2.45, 2.75) is 25.7 Å². The number of carbonyl (C=O) groups is 2. The highest BCUT2D eigenvalue weighted by Gasteiger charge is 2.23. The zero-order chi connectivity index (χ0) is 19.5. The summed E-state index contributed by atoms with van der Waals surface area (Å²) in [6.07, 6.45) is 4.90. The van der Waals surface area contributed by atoms with E-state index < -0.39 is 0 Å². The molecule has 0 aromatic heterocycles. The fourth-order valence-corrected chi connectivity index (χ4v) is 3.95. The Labute approximate surface area is 176 Å². The van der Waals surface area contributed by atoms with E-state index in [0.717, 1.165) is 43.7 Å². The van der Waals surface area contributed by atoms with Crippen LogP contribution in [-0.2, 0) is 11.2 Å². The molecular formula is C23H24ClFN2O2. The second kappa shape index (κ2) is 9.33. The minimum absolute atomic E-state index is 0. The van der Waals surface area contributed by atoms with Gasteiger partial charge < -0.3 is 5.32 Å². The van der Waals surface area contributed by atoms with Gasteiger partial charge in [0.05, 0.1) is 6.42 Å². The molecule has 0 saturated heterocycles. The van der Waals surface area contributed by atoms with E-state index >= 15 is 0 Å². The van der Waals surface area contributed by atoms with E-state index in [9.17, 15) is 14.0 Å². The second-order valence-corrected chi connectivity index (χ2v) is 7.37. The first-order chi connectivity index (χ1) is 13.6. The molecule has 6 heteroatoms. The smallest absolute Gasteiger partial charge is 0.228 e. The average molecular weight is 415 g/mol. The Morgan fingerprint density at radius 1 is 1.14 bits per heavy atom. The Morgan fingerprint density at radius 2 is 1.93 bits per heavy atom. The van der Waals surface area contributed by atoms with Gasteiger partial charge in [0.15, 0.2) is 5.78 Å². The van der Waals surface area contributed by atoms with Gasteiger partial charge in [0, 0.05) is 30.8 Å². The second-order valence-electron chi connectivity index (χ2n) is 7.37. The number of nitrogens with one attached hydrogen (secondary N) is 1. The van der Waals surface area contributed by atoms with Crippen molar-refractivity contribution in [1.29, 1.82) is 0 Å². The van der Waals surface area contributed by atoms with Crippen molar-refractivity contribution in [2.24, 2.45) is 0 Å². The molecule has 2 aliphatic rings. The van der Waals surface area contributed by atoms with E-state index in [2.05, 4.69) is 22.4 Å². The third-order valence-corrected chi connectivity index (χ3v) is 5.47. The number of nitrogens with zero attached hydrogens (tertiary/aromatic N) is 1. The maximum Gasteiger partial charge on any atom is 0.228 e. The van der Waals surface area contributed by atoms with Gasteiger partial charge in [0.25, 0.3) is 0 Å². The van der Waals surface area contributed by atoms with Crippen LogP contribution in [-0.4, -0.2) is 36.2 Å². The van der Waals surface area contributed by atoms with Crippen LogP contribution in [0.3, 0.4) is 0 Å². The first kappa shape index (κ1) is 21.2. The molecule has 0 spiro atoms. The lowest BCUT2D eigenvalue weighted by molar-refractivity contribution is -0.115. The molecule has 0 atom stereocenters. The standard InChI is InChI=1S/C23H23FN2O2.ClH/c24-18-8-6-17(7-9-18)22(27)5-2-12-26-13-10-16(11-14-26)19-3-1-4-21-20(19)15-23(28)25-21;/h1,3-4,6-10H,2,5,11-15H2,(H,25,28);1H. The predicted molar refractivity (Wildman–Crippen MR) is 115 cm³/mol. The number of carbonyl (C=O) groups excluding carboxylic acids is 2. The minimum Gasteiger partial charge on any atom is -0.326 e. The third kappa shape index (κ3) is 4.92. The Kier molecular flexibility index (Phi) is 6.83. The molecular weight excluding hydrogens is 391 g/mol. The maximum atomic E-state index is 12.9. The number of ketones is 1. The molecule has 2 aliphatic heterocycles. The van der Waals surface area contributed by atoms with Crippen molar-refractivity contribution in [3.8, 4) is 0 Å². The molecule has 0 fully saturated rings. The van der Waals surface area contributed by atoms with Crippen LogP contribution in [0, 0.1) is 5.82 Å². The van der Waals surface area contributed by atoms with Gasteiger partial charge in [-0.15, -0.1) is 12.4 Å². The zero-order valence-electron chi connectivity index (χ0n) is 16.1. The molecule has 29 heavy (non-hydrogen) atoms. The average Bonchev–Trinajstić information content (AvgIpc) is 3.09. The predicted octanol–water partition coefficient (Wildman–Crippen LogP) is 4.49. The Bertz CT molecular complexity index is 940. The topological polar surface area (TPSA) is 49.4 Å². The van der Waals surface area contributed by atoms with Gasteiger partial charge in [-0.3, -0.25) is 14.5 Å². The summed E-state index contributed by atoms with van der Waals surface area (Å²) in [6, 6.07) is 11.8. The summed E-state index contributed by atoms with van der Waals surface area (Å²) >= 11 is 0. The van der Waals surface area contributed by atoms with Crippen molar-refractivity contribution in [3.63, 3.8) is 0 Å². The molecule has 0 saturated carbocycles. The summed E-state index contributed by atoms with van der Waals surface area (Å²) in [4.78, 5) is 26.2. The molecule has 0 unspecified atom stereocenters. The van der Waals surface area contributed by atoms with Gasteiger partial charge >= 0.3 is 0 Å². The van der Waals surface area contributed by atoms with Crippen LogP contribution in [0.2, 0.25) is 0 Å². The van der Waals surface area contributed by atoms with Gasteiger partial charge in [-0.25, -0.2) is 4.39 Å². The molecule has 1 amide bonds. The van der Waals surface area contributed by atoms with Crippen molar-refractivity contribution in [2.75, 3.05) is 25.0 Å². The first-order valence-corrected chi connectivity index (χ1v) is 9.72. The normalized spacial score (nSPS) is 15.9. The SMILES string of the molecule is Cl.O=C1Cc2c(cccc2C2=CCN(CCCC(=O)c3ccc(F)cc3)CC2)N1. The number of hydrogen-bond acceptors (Lipinski definition) is 3. The quantitative estimate of drug-likeness (QED) is 0.708. The molecule has 2 heterocycles. The van der Waals surface area contributed by atoms with Crippen LogP contribution >= 0.6 is 12.4 Å². The van der Waals surface area contributed by atoms with Gasteiger partial charge in [-0.1, -0.05) is 18.2 Å². The number of benzene rings is 2. The Balaban J connectivity index is 0.00000240. The van der Waals surface area contributed by atoms with Crippen molar-refractivity contribution >= 4 is 35.4 Å². The van der Waals surface area contributed by atoms with Crippen LogP contribution in [0.1, 0.15) is 40.7 Å². The summed E-state index contributed by atoms with van der Waals surface area (Å²) in [5.74, 6) is -0.201. The molecule has 2 aromatic rings. The fourth-order valence-electron chi connectivity index (χ4n) is 3.95. The van der Waals surface area contributed by atoms with E-state index in [1.54, 1.807) is 12.1 Å². The summed E-state index contributed by atoms with van der Waals surface area (Å²) in [6.45, 7) is 2.66. The van der Waals surface area contributed by atoms with Gasteiger partial charge in [0.2, 0.25) is 5.91 Å². The summed E-state index contributed by atoms with van der Waals surface area (Å²) < 4.78 is 12.9. The van der Waals surface area contributed by atoms with E-state index in [4.69, 9.17) is 0 Å². The number of fused-ring (bicyclic) bond motifs is 1. The molecule has 0 bridgehead atoms. The van der Waals surface area contributed by atoms with Crippen LogP contribution in [0.25, 0.3) is 5.57 Å². The summed E-state index contributed by atoms with van der Waals surface area (Å²) in [7, 11) is 0. The molecule has 4 nitrogen and oxygen atoms in total. The molecule has 4 rings (SSSR count). The molecule has 1 N–H and O–H groups in total. The molecule has 152 valence electrons. The number of rotatable bonds is 6. The number of hydrogen-bond donors (Lipinski definition) is 1. The highest BCUT2D eigenvalue weighted by Crippen LogP contribution is 2.33. The maximum absolute atomic E-state index is 12.9. The fraction of sp³-hybridized carbons (Fsp3) is 0.304. The van der Waals surface area contributed by atoms with Crippen LogP contribution in [0.4, 0.5) is 10.1 Å². The highest BCUT2D eigenvalue weighted by molar-refractivity contribution is 6.01. The Morgan fingerprint density at radius 3 is 2.66 bits per heavy atom. The number of anilines is 1. The van der Waals surface area contributed by atoms with E-state index in [-0.39, 0.29) is 29.9 Å². The largest absolute Gasteiger partial charge is 0.326 e. The summed E-state index contributed by atoms with van der Waals surface area (Å²) in [5.41, 5.74) is 5.10. The van der Waals surface area contributed by atoms with Crippen molar-refractivity contribution in [3.05, 3.63) is 71.0 Å². The summed E-state index contributed by atoms with van der Waals surface area (Å²) in [5, 5.41) is 2.91. The lowest BCUT2D eigenvalue weighted by Crippen LogP contribution is -2.29. The van der Waals surface area contributed by atoms with Gasteiger partial charge in [-0.2, -0.15) is 0 Å². The van der Waals surface area contributed by atoms with Crippen molar-refractivity contribution in [1.82, 2.24) is 4.90 Å². The monoisotopic (exact) mass is 414 g/mol. The minimum atomic E-state index is -0.323. The number of halogens is 2. The lowest BCUT2D eigenvalue weighted by Gasteiger charge is -2.27. The highest BCUT2D eigenvalue weighted by atomic mass is 35.5. The van der Waals surface area contributed by atoms with Crippen LogP contribution < -0.4 is 5.32 Å². The van der Waals surface area contributed by atoms with Gasteiger partial charge in [0.1, 0.15) is 5.82 Å². The van der Waals surface area contributed by atoms with Crippen LogP contribution in [0.15, 0.2) is 48.5 Å². The van der Waals surface area contributed by atoms with E-state index in [0.29, 0.717) is 18.4 Å². The van der Waals surface area contributed by atoms with E-state index in [1.165, 1.54) is 23.3 Å². The number of amides is 1. The molecule has 2 aromatic carbocycles. The first-order valence-electron chi connectivity index (χ1n) is 9.72. The van der Waals surface area contributed by atoms with Gasteiger partial charge in [-0.05, 0) is 66.4 Å². The third-order valence-electron chi connectivity index (χ3n) is 5.47. The van der Waals surface area contributed by atoms with Crippen LogP contribution in [0.5, 0.6) is 0 Å². The Hall–Kier alpha value is -2.50. The lowest BCUT2D eigenvalue weighted by atomic mass is 9.93. The van der Waals surface area contributed by atoms with Crippen molar-refractivity contribution < 1.29 is 14.0 Å².